The highest BCUT2D eigenvalue weighted by atomic mass is 16.6. The third-order valence-corrected chi connectivity index (χ3v) is 7.29. The maximum Gasteiger partial charge on any atom is 0.339 e. The molecule has 1 aliphatic heterocycles. The Morgan fingerprint density at radius 2 is 1.15 bits per heavy atom. The molecule has 0 bridgehead atoms. The normalized spacial score (nSPS) is 13.9. The second kappa shape index (κ2) is 14.4. The largest absolute Gasteiger partial charge is 0.485 e. The maximum absolute atomic E-state index is 13.2. The van der Waals surface area contributed by atoms with Gasteiger partial charge in [-0.25, -0.2) is 4.79 Å². The van der Waals surface area contributed by atoms with Gasteiger partial charge < -0.3 is 18.9 Å². The smallest absolute Gasteiger partial charge is 0.339 e. The molecule has 0 saturated carbocycles. The molecule has 212 valence electrons. The Bertz CT molecular complexity index is 1390. The van der Waals surface area contributed by atoms with E-state index in [2.05, 4.69) is 6.92 Å². The van der Waals surface area contributed by atoms with Crippen LogP contribution in [0.3, 0.4) is 0 Å². The first-order valence-electron chi connectivity index (χ1n) is 14.6. The van der Waals surface area contributed by atoms with Crippen LogP contribution in [0, 0.1) is 0 Å². The average Bonchev–Trinajstić information content (AvgIpc) is 3.33. The second-order valence-electron chi connectivity index (χ2n) is 10.4. The number of hydrogen-bond donors (Lipinski definition) is 0. The lowest BCUT2D eigenvalue weighted by molar-refractivity contribution is 0.0359. The van der Waals surface area contributed by atoms with Crippen LogP contribution < -0.4 is 14.2 Å². The Labute approximate surface area is 243 Å². The first kappa shape index (κ1) is 28.3. The molecule has 5 rings (SSSR count). The van der Waals surface area contributed by atoms with E-state index in [1.54, 1.807) is 6.07 Å². The van der Waals surface area contributed by atoms with Crippen molar-refractivity contribution in [3.63, 3.8) is 0 Å². The van der Waals surface area contributed by atoms with Crippen molar-refractivity contribution in [3.8, 4) is 17.2 Å². The Morgan fingerprint density at radius 3 is 1.71 bits per heavy atom. The Kier molecular flexibility index (Phi) is 9.94. The van der Waals surface area contributed by atoms with Gasteiger partial charge in [0.25, 0.3) is 0 Å². The van der Waals surface area contributed by atoms with E-state index in [0.717, 1.165) is 41.5 Å². The molecule has 0 saturated heterocycles. The molecule has 0 amide bonds. The first-order chi connectivity index (χ1) is 20.2. The molecule has 4 aromatic carbocycles. The van der Waals surface area contributed by atoms with Crippen molar-refractivity contribution in [2.24, 2.45) is 0 Å². The van der Waals surface area contributed by atoms with Crippen molar-refractivity contribution in [1.29, 1.82) is 0 Å². The van der Waals surface area contributed by atoms with E-state index in [1.165, 1.54) is 19.3 Å². The van der Waals surface area contributed by atoms with Crippen LogP contribution in [-0.2, 0) is 24.6 Å². The minimum atomic E-state index is -0.382. The van der Waals surface area contributed by atoms with Crippen LogP contribution in [0.25, 0.3) is 0 Å². The summed E-state index contributed by atoms with van der Waals surface area (Å²) < 4.78 is 25.3. The van der Waals surface area contributed by atoms with E-state index in [1.807, 2.05) is 91.0 Å². The van der Waals surface area contributed by atoms with Crippen molar-refractivity contribution in [2.45, 2.75) is 71.4 Å². The van der Waals surface area contributed by atoms with Gasteiger partial charge in [-0.1, -0.05) is 124 Å². The number of carbonyl (C=O) groups is 1. The molecule has 1 heterocycles. The number of unbranched alkanes of at least 4 members (excludes halogenated alkanes) is 4. The molecule has 1 atom stereocenters. The quantitative estimate of drug-likeness (QED) is 0.109. The number of esters is 1. The summed E-state index contributed by atoms with van der Waals surface area (Å²) in [5, 5.41) is 0. The molecule has 0 N–H and O–H groups in total. The fourth-order valence-corrected chi connectivity index (χ4v) is 5.09. The Morgan fingerprint density at radius 1 is 0.634 bits per heavy atom. The summed E-state index contributed by atoms with van der Waals surface area (Å²) >= 11 is 0. The lowest BCUT2D eigenvalue weighted by Gasteiger charge is -2.21. The van der Waals surface area contributed by atoms with Crippen LogP contribution in [0.5, 0.6) is 17.2 Å². The second-order valence-corrected chi connectivity index (χ2v) is 10.4. The monoisotopic (exact) mass is 550 g/mol. The molecule has 0 spiro atoms. The van der Waals surface area contributed by atoms with Gasteiger partial charge >= 0.3 is 5.97 Å². The zero-order valence-electron chi connectivity index (χ0n) is 23.7. The molecule has 41 heavy (non-hydrogen) atoms. The van der Waals surface area contributed by atoms with Crippen LogP contribution in [0.4, 0.5) is 0 Å². The highest BCUT2D eigenvalue weighted by Gasteiger charge is 2.38. The van der Waals surface area contributed by atoms with Gasteiger partial charge in [0.05, 0.1) is 11.1 Å². The van der Waals surface area contributed by atoms with Gasteiger partial charge in [-0.05, 0) is 35.6 Å². The molecular weight excluding hydrogens is 512 g/mol. The van der Waals surface area contributed by atoms with Crippen LogP contribution >= 0.6 is 0 Å². The third-order valence-electron chi connectivity index (χ3n) is 7.29. The number of hydrogen-bond acceptors (Lipinski definition) is 5. The molecule has 0 unspecified atom stereocenters. The van der Waals surface area contributed by atoms with Crippen molar-refractivity contribution in [3.05, 3.63) is 125 Å². The van der Waals surface area contributed by atoms with E-state index < -0.39 is 0 Å². The van der Waals surface area contributed by atoms with Gasteiger partial charge in [-0.3, -0.25) is 0 Å². The first-order valence-corrected chi connectivity index (χ1v) is 14.6. The van der Waals surface area contributed by atoms with Crippen molar-refractivity contribution in [2.75, 3.05) is 0 Å². The minimum Gasteiger partial charge on any atom is -0.485 e. The number of fused-ring (bicyclic) bond motifs is 1. The number of benzene rings is 4. The van der Waals surface area contributed by atoms with Gasteiger partial charge in [0.15, 0.2) is 11.5 Å². The molecule has 0 aromatic heterocycles. The highest BCUT2D eigenvalue weighted by Crippen LogP contribution is 2.50. The van der Waals surface area contributed by atoms with E-state index in [4.69, 9.17) is 18.9 Å². The van der Waals surface area contributed by atoms with Gasteiger partial charge in [0.1, 0.15) is 25.9 Å². The standard InChI is InChI=1S/C36H38O5/c1-2-3-4-5-15-22-31-33-30(36(37)41-31)23-32(38-24-27-16-9-6-10-17-27)34(39-25-28-18-11-7-12-19-28)35(33)40-26-29-20-13-8-14-21-29/h6-14,16-21,23,31H,2-5,15,22,24-26H2,1H3/t31-/m0/s1. The van der Waals surface area contributed by atoms with Crippen LogP contribution in [0.2, 0.25) is 0 Å². The van der Waals surface area contributed by atoms with E-state index in [0.29, 0.717) is 42.6 Å². The Hall–Kier alpha value is -4.25. The Balaban J connectivity index is 1.51. The fourth-order valence-electron chi connectivity index (χ4n) is 5.09. The third kappa shape index (κ3) is 7.49. The number of rotatable bonds is 15. The summed E-state index contributed by atoms with van der Waals surface area (Å²) in [5.74, 6) is 1.14. The van der Waals surface area contributed by atoms with Gasteiger partial charge in [0.2, 0.25) is 5.75 Å². The lowest BCUT2D eigenvalue weighted by Crippen LogP contribution is -2.08. The van der Waals surface area contributed by atoms with Crippen LogP contribution in [0.15, 0.2) is 97.1 Å². The molecule has 5 nitrogen and oxygen atoms in total. The van der Waals surface area contributed by atoms with E-state index in [-0.39, 0.29) is 12.1 Å². The maximum atomic E-state index is 13.2. The SMILES string of the molecule is CCCCCCC[C@@H]1OC(=O)c2cc(OCc3ccccc3)c(OCc3ccccc3)c(OCc3ccccc3)c21. The number of carbonyl (C=O) groups excluding carboxylic acids is 1. The lowest BCUT2D eigenvalue weighted by atomic mass is 9.98. The highest BCUT2D eigenvalue weighted by molar-refractivity contribution is 5.96. The number of cyclic esters (lactones) is 1. The van der Waals surface area contributed by atoms with Gasteiger partial charge in [-0.15, -0.1) is 0 Å². The predicted octanol–water partition coefficient (Wildman–Crippen LogP) is 9.00. The zero-order valence-corrected chi connectivity index (χ0v) is 23.7. The van der Waals surface area contributed by atoms with Crippen LogP contribution in [0.1, 0.15) is 84.2 Å². The molecule has 4 aromatic rings. The topological polar surface area (TPSA) is 54.0 Å². The summed E-state index contributed by atoms with van der Waals surface area (Å²) in [6.45, 7) is 3.20. The molecule has 5 heteroatoms. The molecule has 0 fully saturated rings. The summed E-state index contributed by atoms with van der Waals surface area (Å²) in [4.78, 5) is 13.2. The van der Waals surface area contributed by atoms with E-state index in [9.17, 15) is 4.79 Å². The van der Waals surface area contributed by atoms with Crippen LogP contribution in [-0.4, -0.2) is 5.97 Å². The average molecular weight is 551 g/mol. The predicted molar refractivity (Wildman–Crippen MR) is 160 cm³/mol. The molecule has 0 aliphatic carbocycles. The van der Waals surface area contributed by atoms with Crippen molar-refractivity contribution < 1.29 is 23.7 Å². The zero-order chi connectivity index (χ0) is 28.3. The van der Waals surface area contributed by atoms with Gasteiger partial charge in [0, 0.05) is 0 Å². The van der Waals surface area contributed by atoms with Crippen molar-refractivity contribution in [1.82, 2.24) is 0 Å². The number of ether oxygens (including phenoxy) is 4. The fraction of sp³-hybridized carbons (Fsp3) is 0.306. The van der Waals surface area contributed by atoms with Gasteiger partial charge in [-0.2, -0.15) is 0 Å². The summed E-state index contributed by atoms with van der Waals surface area (Å²) in [5.41, 5.74) is 4.31. The molecule has 0 radical (unpaired) electrons. The summed E-state index contributed by atoms with van der Waals surface area (Å²) in [6.07, 6.45) is 6.02. The molecular formula is C36H38O5. The minimum absolute atomic E-state index is 0.328. The summed E-state index contributed by atoms with van der Waals surface area (Å²) in [7, 11) is 0. The molecule has 1 aliphatic rings. The summed E-state index contributed by atoms with van der Waals surface area (Å²) in [6, 6.07) is 31.7. The van der Waals surface area contributed by atoms with E-state index >= 15 is 0 Å². The van der Waals surface area contributed by atoms with Crippen molar-refractivity contribution >= 4 is 5.97 Å².